The van der Waals surface area contributed by atoms with E-state index in [1.807, 2.05) is 24.3 Å². The molecule has 1 aliphatic rings. The zero-order chi connectivity index (χ0) is 18.6. The van der Waals surface area contributed by atoms with Crippen molar-refractivity contribution in [3.8, 4) is 11.8 Å². The number of carbonyl (C=O) groups is 2. The molecule has 6 heteroatoms. The summed E-state index contributed by atoms with van der Waals surface area (Å²) in [5.41, 5.74) is -0.864. The van der Waals surface area contributed by atoms with Gasteiger partial charge in [-0.05, 0) is 35.7 Å². The molecule has 0 aromatic heterocycles. The van der Waals surface area contributed by atoms with Crippen LogP contribution in [0.2, 0.25) is 0 Å². The Balaban J connectivity index is 1.64. The van der Waals surface area contributed by atoms with Crippen LogP contribution in [0.3, 0.4) is 0 Å². The molecule has 1 saturated carbocycles. The van der Waals surface area contributed by atoms with Gasteiger partial charge >= 0.3 is 5.97 Å². The fourth-order valence-corrected chi connectivity index (χ4v) is 3.32. The highest BCUT2D eigenvalue weighted by atomic mass is 16.5. The lowest BCUT2D eigenvalue weighted by Gasteiger charge is -2.31. The van der Waals surface area contributed by atoms with Crippen LogP contribution in [0.1, 0.15) is 42.5 Å². The van der Waals surface area contributed by atoms with Crippen LogP contribution in [-0.2, 0) is 9.53 Å². The number of nitrogens with one attached hydrogen (secondary N) is 1. The fraction of sp³-hybridized carbons (Fsp3) is 0.350. The number of ether oxygens (including phenoxy) is 1. The predicted molar refractivity (Wildman–Crippen MR) is 95.5 cm³/mol. The molecule has 26 heavy (non-hydrogen) atoms. The third kappa shape index (κ3) is 3.77. The zero-order valence-electron chi connectivity index (χ0n) is 14.3. The Kier molecular flexibility index (Phi) is 5.08. The summed E-state index contributed by atoms with van der Waals surface area (Å²) in [7, 11) is 0. The summed E-state index contributed by atoms with van der Waals surface area (Å²) < 4.78 is 5.03. The normalized spacial score (nSPS) is 15.8. The van der Waals surface area contributed by atoms with E-state index in [9.17, 15) is 20.0 Å². The lowest BCUT2D eigenvalue weighted by Crippen LogP contribution is -2.50. The monoisotopic (exact) mass is 352 g/mol. The molecule has 0 heterocycles. The van der Waals surface area contributed by atoms with Gasteiger partial charge < -0.3 is 15.2 Å². The van der Waals surface area contributed by atoms with Crippen molar-refractivity contribution in [1.82, 2.24) is 5.32 Å². The highest BCUT2D eigenvalue weighted by Gasteiger charge is 2.33. The number of esters is 1. The van der Waals surface area contributed by atoms with Crippen LogP contribution in [0, 0.1) is 11.3 Å². The van der Waals surface area contributed by atoms with Crippen LogP contribution in [0.15, 0.2) is 36.4 Å². The maximum absolute atomic E-state index is 12.2. The highest BCUT2D eigenvalue weighted by molar-refractivity contribution is 5.99. The molecule has 2 N–H and O–H groups in total. The van der Waals surface area contributed by atoms with Gasteiger partial charge in [-0.3, -0.25) is 4.79 Å². The van der Waals surface area contributed by atoms with Crippen LogP contribution < -0.4 is 5.32 Å². The Morgan fingerprint density at radius 2 is 1.81 bits per heavy atom. The highest BCUT2D eigenvalue weighted by Crippen LogP contribution is 2.28. The summed E-state index contributed by atoms with van der Waals surface area (Å²) in [4.78, 5) is 24.3. The van der Waals surface area contributed by atoms with Gasteiger partial charge in [-0.15, -0.1) is 0 Å². The summed E-state index contributed by atoms with van der Waals surface area (Å²) in [5.74, 6) is -1.49. The van der Waals surface area contributed by atoms with E-state index < -0.39 is 24.0 Å². The number of carbonyl (C=O) groups excluding carboxylic acids is 2. The van der Waals surface area contributed by atoms with Gasteiger partial charge in [0, 0.05) is 0 Å². The van der Waals surface area contributed by atoms with E-state index >= 15 is 0 Å². The van der Waals surface area contributed by atoms with Crippen molar-refractivity contribution in [3.05, 3.63) is 42.0 Å². The van der Waals surface area contributed by atoms with Gasteiger partial charge in [0.25, 0.3) is 5.91 Å². The number of phenols is 1. The minimum Gasteiger partial charge on any atom is -0.507 e. The molecule has 0 atom stereocenters. The van der Waals surface area contributed by atoms with E-state index in [0.717, 1.165) is 30.0 Å². The number of aromatic hydroxyl groups is 1. The lowest BCUT2D eigenvalue weighted by molar-refractivity contribution is -0.125. The van der Waals surface area contributed by atoms with E-state index in [1.165, 1.54) is 12.1 Å². The number of nitrogens with zero attached hydrogens (tertiary/aromatic N) is 1. The Hall–Kier alpha value is -3.07. The molecule has 3 rings (SSSR count). The van der Waals surface area contributed by atoms with E-state index in [1.54, 1.807) is 0 Å². The van der Waals surface area contributed by atoms with Crippen molar-refractivity contribution in [2.75, 3.05) is 6.61 Å². The van der Waals surface area contributed by atoms with Crippen molar-refractivity contribution in [2.45, 2.75) is 37.6 Å². The third-order valence-electron chi connectivity index (χ3n) is 4.72. The minimum absolute atomic E-state index is 0.00385. The maximum atomic E-state index is 12.2. The van der Waals surface area contributed by atoms with Crippen molar-refractivity contribution < 1.29 is 19.4 Å². The summed E-state index contributed by atoms with van der Waals surface area (Å²) in [6, 6.07) is 12.5. The first kappa shape index (κ1) is 17.7. The molecule has 2 aromatic carbocycles. The van der Waals surface area contributed by atoms with Crippen LogP contribution in [-0.4, -0.2) is 29.1 Å². The van der Waals surface area contributed by atoms with Gasteiger partial charge in [0.1, 0.15) is 16.9 Å². The smallest absolute Gasteiger partial charge is 0.342 e. The van der Waals surface area contributed by atoms with E-state index in [4.69, 9.17) is 4.74 Å². The molecule has 0 saturated heterocycles. The topological polar surface area (TPSA) is 99.4 Å². The van der Waals surface area contributed by atoms with Gasteiger partial charge in [0.2, 0.25) is 0 Å². The number of phenolic OH excluding ortho intramolecular Hbond substituents is 1. The molecule has 1 fully saturated rings. The Labute approximate surface area is 151 Å². The van der Waals surface area contributed by atoms with Crippen molar-refractivity contribution in [2.24, 2.45) is 0 Å². The molecular formula is C20H20N2O4. The first-order valence-corrected chi connectivity index (χ1v) is 8.64. The molecule has 134 valence electrons. The Morgan fingerprint density at radius 3 is 2.46 bits per heavy atom. The average molecular weight is 352 g/mol. The average Bonchev–Trinajstić information content (AvgIpc) is 2.66. The van der Waals surface area contributed by atoms with Crippen LogP contribution in [0.5, 0.6) is 5.75 Å². The van der Waals surface area contributed by atoms with Crippen molar-refractivity contribution >= 4 is 22.6 Å². The number of rotatable bonds is 4. The number of amides is 1. The second-order valence-electron chi connectivity index (χ2n) is 6.60. The molecule has 1 amide bonds. The quantitative estimate of drug-likeness (QED) is 0.824. The van der Waals surface area contributed by atoms with E-state index in [0.29, 0.717) is 12.8 Å². The predicted octanol–water partition coefficient (Wildman–Crippen LogP) is 3.04. The van der Waals surface area contributed by atoms with E-state index in [-0.39, 0.29) is 11.3 Å². The zero-order valence-corrected chi connectivity index (χ0v) is 14.3. The molecule has 0 bridgehead atoms. The number of nitriles is 1. The molecule has 0 spiro atoms. The van der Waals surface area contributed by atoms with Crippen LogP contribution >= 0.6 is 0 Å². The standard InChI is InChI=1S/C20H20N2O4/c21-13-20(8-4-1-5-9-20)22-18(24)12-26-19(25)16-10-14-6-2-3-7-15(14)11-17(16)23/h2-3,6-7,10-11,23H,1,4-5,8-9,12H2,(H,22,24). The van der Waals surface area contributed by atoms with Gasteiger partial charge in [-0.1, -0.05) is 43.5 Å². The number of hydrogen-bond acceptors (Lipinski definition) is 5. The maximum Gasteiger partial charge on any atom is 0.342 e. The summed E-state index contributed by atoms with van der Waals surface area (Å²) in [6.45, 7) is -0.492. The molecule has 1 aliphatic carbocycles. The third-order valence-corrected chi connectivity index (χ3v) is 4.72. The van der Waals surface area contributed by atoms with Crippen LogP contribution in [0.4, 0.5) is 0 Å². The molecule has 0 unspecified atom stereocenters. The molecule has 2 aromatic rings. The second-order valence-corrected chi connectivity index (χ2v) is 6.60. The first-order valence-electron chi connectivity index (χ1n) is 8.64. The van der Waals surface area contributed by atoms with Gasteiger partial charge in [-0.2, -0.15) is 5.26 Å². The van der Waals surface area contributed by atoms with Gasteiger partial charge in [-0.25, -0.2) is 4.79 Å². The fourth-order valence-electron chi connectivity index (χ4n) is 3.32. The number of hydrogen-bond donors (Lipinski definition) is 2. The molecular weight excluding hydrogens is 332 g/mol. The van der Waals surface area contributed by atoms with Crippen molar-refractivity contribution in [1.29, 1.82) is 5.26 Å². The number of benzene rings is 2. The molecule has 0 radical (unpaired) electrons. The number of fused-ring (bicyclic) bond motifs is 1. The van der Waals surface area contributed by atoms with Crippen molar-refractivity contribution in [3.63, 3.8) is 0 Å². The molecule has 6 nitrogen and oxygen atoms in total. The van der Waals surface area contributed by atoms with E-state index in [2.05, 4.69) is 11.4 Å². The molecule has 0 aliphatic heterocycles. The second kappa shape index (κ2) is 7.44. The SMILES string of the molecule is N#CC1(NC(=O)COC(=O)c2cc3ccccc3cc2O)CCCCC1. The summed E-state index contributed by atoms with van der Waals surface area (Å²) in [5, 5.41) is 23.7. The Morgan fingerprint density at radius 1 is 1.15 bits per heavy atom. The van der Waals surface area contributed by atoms with Gasteiger partial charge in [0.15, 0.2) is 6.61 Å². The summed E-state index contributed by atoms with van der Waals surface area (Å²) in [6.07, 6.45) is 4.04. The minimum atomic E-state index is -0.868. The van der Waals surface area contributed by atoms with Crippen LogP contribution in [0.25, 0.3) is 10.8 Å². The lowest BCUT2D eigenvalue weighted by atomic mass is 9.83. The van der Waals surface area contributed by atoms with Gasteiger partial charge in [0.05, 0.1) is 6.07 Å². The Bertz CT molecular complexity index is 879. The summed E-state index contributed by atoms with van der Waals surface area (Å²) >= 11 is 0. The first-order chi connectivity index (χ1) is 12.5. The largest absolute Gasteiger partial charge is 0.507 e.